The van der Waals surface area contributed by atoms with Gasteiger partial charge < -0.3 is 0 Å². The molecule has 9 heteroatoms. The quantitative estimate of drug-likeness (QED) is 0.227. The van der Waals surface area contributed by atoms with Gasteiger partial charge in [-0.3, -0.25) is 0 Å². The van der Waals surface area contributed by atoms with Crippen LogP contribution in [0.1, 0.15) is 126 Å². The fraction of sp³-hybridized carbons (Fsp3) is 1.00. The first-order valence-electron chi connectivity index (χ1n) is 0. The molecule has 0 saturated carbocycles. The summed E-state index contributed by atoms with van der Waals surface area (Å²) >= 11 is 0. The first kappa shape index (κ1) is 356. The summed E-state index contributed by atoms with van der Waals surface area (Å²) in [6.45, 7) is 0. The molecule has 0 aliphatic heterocycles. The minimum Gasteiger partial charge on any atom is -0.0776 e. The van der Waals surface area contributed by atoms with Gasteiger partial charge in [-0.1, -0.05) is 126 Å². The Labute approximate surface area is 478 Å². The van der Waals surface area contributed by atoms with E-state index < -0.39 is 0 Å². The Morgan fingerprint density at radius 1 is 0.0769 bits per heavy atom. The zero-order valence-electron chi connectivity index (χ0n) is 4.50. The van der Waals surface area contributed by atoms with Crippen molar-refractivity contribution in [3.05, 3.63) is 0 Å². The largest absolute Gasteiger partial charge is 0.0776 e. The molecular formula is C17H68Nd9. The molecule has 0 nitrogen and oxygen atoms in total. The molecule has 0 aromatic carbocycles. The van der Waals surface area contributed by atoms with Gasteiger partial charge in [-0.25, -0.2) is 0 Å². The number of hydrogen-bond donors (Lipinski definition) is 0. The van der Waals surface area contributed by atoms with Crippen LogP contribution in [0.2, 0.25) is 0 Å². The van der Waals surface area contributed by atoms with Crippen molar-refractivity contribution < 1.29 is 368 Å². The third kappa shape index (κ3) is 302. The second-order valence-electron chi connectivity index (χ2n) is 0. The summed E-state index contributed by atoms with van der Waals surface area (Å²) < 4.78 is 0. The van der Waals surface area contributed by atoms with E-state index in [0.717, 1.165) is 0 Å². The van der Waals surface area contributed by atoms with Crippen LogP contribution in [0.3, 0.4) is 0 Å². The van der Waals surface area contributed by atoms with E-state index in [1.807, 2.05) is 0 Å². The van der Waals surface area contributed by atoms with Gasteiger partial charge in [-0.05, 0) is 0 Å². The smallest absolute Gasteiger partial charge is 0 e. The zero-order valence-corrected chi connectivity index (χ0v) is 33.4. The van der Waals surface area contributed by atoms with Crippen molar-refractivity contribution in [3.8, 4) is 0 Å². The van der Waals surface area contributed by atoms with Crippen LogP contribution < -0.4 is 0 Å². The molecule has 0 aromatic heterocycles. The van der Waals surface area contributed by atoms with Gasteiger partial charge >= 0.3 is 0 Å². The second kappa shape index (κ2) is 329. The summed E-state index contributed by atoms with van der Waals surface area (Å²) in [6.07, 6.45) is 0. The Balaban J connectivity index is 0. The predicted molar refractivity (Wildman–Crippen MR) is 114 cm³/mol. The van der Waals surface area contributed by atoms with Crippen molar-refractivity contribution in [2.24, 2.45) is 0 Å². The van der Waals surface area contributed by atoms with Crippen molar-refractivity contribution in [1.29, 1.82) is 0 Å². The summed E-state index contributed by atoms with van der Waals surface area (Å²) in [4.78, 5) is 0. The molecule has 26 heavy (non-hydrogen) atoms. The van der Waals surface area contributed by atoms with Crippen molar-refractivity contribution in [2.45, 2.75) is 126 Å². The molecule has 0 heterocycles. The van der Waals surface area contributed by atoms with E-state index >= 15 is 0 Å². The maximum absolute atomic E-state index is 0. The third-order valence-corrected chi connectivity index (χ3v) is 0. The van der Waals surface area contributed by atoms with Crippen molar-refractivity contribution >= 4 is 0 Å². The number of hydrogen-bond acceptors (Lipinski definition) is 0. The molecule has 0 amide bonds. The van der Waals surface area contributed by atoms with Crippen LogP contribution in [0.25, 0.3) is 0 Å². The average Bonchev–Trinajstić information content (AvgIpc) is 0. The Hall–Kier alpha value is 12.2. The molecule has 0 bridgehead atoms. The topological polar surface area (TPSA) is 0 Å². The average molecular weight is 1570 g/mol. The van der Waals surface area contributed by atoms with Crippen molar-refractivity contribution in [1.82, 2.24) is 0 Å². The van der Waals surface area contributed by atoms with Crippen molar-refractivity contribution in [3.63, 3.8) is 0 Å². The van der Waals surface area contributed by atoms with Crippen LogP contribution in [0.4, 0.5) is 0 Å². The first-order valence-corrected chi connectivity index (χ1v) is 0. The monoisotopic (exact) mass is 1550 g/mol. The molecule has 0 aliphatic carbocycles. The van der Waals surface area contributed by atoms with E-state index in [0.29, 0.717) is 0 Å². The molecule has 0 fully saturated rings. The van der Waals surface area contributed by atoms with Crippen LogP contribution in [0, 0.1) is 368 Å². The summed E-state index contributed by atoms with van der Waals surface area (Å²) in [5.41, 5.74) is 0. The van der Waals surface area contributed by atoms with Gasteiger partial charge in [0.15, 0.2) is 0 Å². The van der Waals surface area contributed by atoms with Gasteiger partial charge in [0.25, 0.3) is 0 Å². The van der Waals surface area contributed by atoms with Crippen LogP contribution in [0.5, 0.6) is 0 Å². The van der Waals surface area contributed by atoms with Crippen LogP contribution >= 0.6 is 0 Å². The minimum absolute atomic E-state index is 0. The maximum Gasteiger partial charge on any atom is 0 e. The van der Waals surface area contributed by atoms with E-state index in [1.165, 1.54) is 0 Å². The second-order valence-corrected chi connectivity index (χ2v) is 0. The minimum atomic E-state index is 0. The standard InChI is InChI=1S/17CH4.9Nd/h17*1H4;;;;;;;;;. The van der Waals surface area contributed by atoms with Gasteiger partial charge in [0.1, 0.15) is 0 Å². The fourth-order valence-electron chi connectivity index (χ4n) is 0. The maximum atomic E-state index is 0. The zero-order chi connectivity index (χ0) is 0. The molecule has 0 saturated heterocycles. The van der Waals surface area contributed by atoms with Gasteiger partial charge in [-0.15, -0.1) is 0 Å². The normalized spacial score (nSPS) is 0. The summed E-state index contributed by atoms with van der Waals surface area (Å²) in [7, 11) is 0. The summed E-state index contributed by atoms with van der Waals surface area (Å²) in [5.74, 6) is 0. The summed E-state index contributed by atoms with van der Waals surface area (Å²) in [5, 5.41) is 0. The fourth-order valence-corrected chi connectivity index (χ4v) is 0. The van der Waals surface area contributed by atoms with Crippen LogP contribution in [-0.4, -0.2) is 0 Å². The van der Waals surface area contributed by atoms with E-state index in [2.05, 4.69) is 0 Å². The van der Waals surface area contributed by atoms with Crippen LogP contribution in [0.15, 0.2) is 0 Å². The molecule has 0 N–H and O–H groups in total. The Morgan fingerprint density at radius 3 is 0.0769 bits per heavy atom. The third-order valence-electron chi connectivity index (χ3n) is 0. The molecule has 0 atom stereocenters. The van der Waals surface area contributed by atoms with Gasteiger partial charge in [0.05, 0.1) is 0 Å². The van der Waals surface area contributed by atoms with Crippen molar-refractivity contribution in [2.75, 3.05) is 0 Å². The van der Waals surface area contributed by atoms with Gasteiger partial charge in [0, 0.05) is 368 Å². The van der Waals surface area contributed by atoms with Gasteiger partial charge in [-0.2, -0.15) is 0 Å². The first-order chi connectivity index (χ1) is 0. The Morgan fingerprint density at radius 2 is 0.0769 bits per heavy atom. The van der Waals surface area contributed by atoms with Gasteiger partial charge in [0.2, 0.25) is 0 Å². The van der Waals surface area contributed by atoms with E-state index in [4.69, 9.17) is 0 Å². The SMILES string of the molecule is C.C.C.C.C.C.C.C.C.C.C.C.C.C.C.C.C.[Nd].[Nd].[Nd].[Nd].[Nd].[Nd].[Nd].[Nd].[Nd]. The van der Waals surface area contributed by atoms with E-state index in [-0.39, 0.29) is 494 Å². The Kier molecular flexibility index (Phi) is 4510. The molecular weight excluding hydrogens is 1500 g/mol. The van der Waals surface area contributed by atoms with E-state index in [1.54, 1.807) is 0 Å². The van der Waals surface area contributed by atoms with E-state index in [9.17, 15) is 0 Å². The summed E-state index contributed by atoms with van der Waals surface area (Å²) in [6, 6.07) is 0. The molecule has 0 aliphatic rings. The molecule has 0 unspecified atom stereocenters. The van der Waals surface area contributed by atoms with Crippen LogP contribution in [-0.2, 0) is 0 Å². The number of rotatable bonds is 0. The molecule has 0 radical (unpaired) electrons. The molecule has 0 aromatic rings. The molecule has 0 rings (SSSR count). The Bertz CT molecular complexity index is 24.2. The molecule has 0 spiro atoms. The molecule has 172 valence electrons. The predicted octanol–water partition coefficient (Wildman–Crippen LogP) is 10.8.